The number of aromatic nitrogens is 5. The first-order chi connectivity index (χ1) is 11.3. The molecule has 0 aliphatic carbocycles. The van der Waals surface area contributed by atoms with Gasteiger partial charge in [0.15, 0.2) is 5.69 Å². The van der Waals surface area contributed by atoms with Crippen molar-refractivity contribution in [3.05, 3.63) is 30.1 Å². The highest BCUT2D eigenvalue weighted by Crippen LogP contribution is 2.10. The predicted octanol–water partition coefficient (Wildman–Crippen LogP) is 0.506. The molecule has 1 aliphatic rings. The molecule has 1 aliphatic heterocycles. The second kappa shape index (κ2) is 7.87. The highest BCUT2D eigenvalue weighted by molar-refractivity contribution is 5.91. The summed E-state index contributed by atoms with van der Waals surface area (Å²) in [5, 5.41) is 14.3. The number of piperidine rings is 1. The molecule has 0 saturated carbocycles. The van der Waals surface area contributed by atoms with Crippen LogP contribution in [0.2, 0.25) is 0 Å². The van der Waals surface area contributed by atoms with Crippen LogP contribution in [-0.2, 0) is 13.0 Å². The second-order valence-electron chi connectivity index (χ2n) is 5.89. The predicted molar refractivity (Wildman–Crippen MR) is 84.9 cm³/mol. The topological polar surface area (TPSA) is 101 Å². The van der Waals surface area contributed by atoms with Crippen molar-refractivity contribution in [2.45, 2.75) is 44.7 Å². The average Bonchev–Trinajstić information content (AvgIpc) is 3.25. The van der Waals surface area contributed by atoms with Crippen molar-refractivity contribution in [1.82, 2.24) is 35.6 Å². The summed E-state index contributed by atoms with van der Waals surface area (Å²) in [6.07, 6.45) is 10.6. The fraction of sp³-hybridized carbons (Fsp3) is 0.600. The van der Waals surface area contributed by atoms with E-state index in [1.807, 2.05) is 0 Å². The Bertz CT molecular complexity index is 601. The maximum absolute atomic E-state index is 12.0. The number of H-pyrrole nitrogens is 1. The molecule has 8 heteroatoms. The van der Waals surface area contributed by atoms with Crippen molar-refractivity contribution >= 4 is 5.91 Å². The number of aryl methyl sites for hydroxylation is 1. The number of imidazole rings is 1. The summed E-state index contributed by atoms with van der Waals surface area (Å²) < 4.78 is 1.75. The molecule has 8 nitrogen and oxygen atoms in total. The maximum Gasteiger partial charge on any atom is 0.273 e. The molecule has 0 unspecified atom stereocenters. The number of carbonyl (C=O) groups is 1. The molecular weight excluding hydrogens is 294 g/mol. The Labute approximate surface area is 135 Å². The lowest BCUT2D eigenvalue weighted by atomic mass is 10.0. The normalized spacial score (nSPS) is 18.0. The summed E-state index contributed by atoms with van der Waals surface area (Å²) in [6, 6.07) is 0.555. The molecule has 2 aromatic rings. The van der Waals surface area contributed by atoms with E-state index in [-0.39, 0.29) is 5.91 Å². The lowest BCUT2D eigenvalue weighted by molar-refractivity contribution is 0.0949. The van der Waals surface area contributed by atoms with Crippen LogP contribution in [0.15, 0.2) is 18.7 Å². The molecule has 3 rings (SSSR count). The number of nitrogens with zero attached hydrogens (tertiary/aromatic N) is 4. The van der Waals surface area contributed by atoms with E-state index in [0.717, 1.165) is 25.2 Å². The van der Waals surface area contributed by atoms with Gasteiger partial charge in [0.25, 0.3) is 5.91 Å². The zero-order valence-electron chi connectivity index (χ0n) is 13.2. The van der Waals surface area contributed by atoms with Crippen LogP contribution in [0.3, 0.4) is 0 Å². The Morgan fingerprint density at radius 3 is 3.17 bits per heavy atom. The van der Waals surface area contributed by atoms with Crippen LogP contribution < -0.4 is 10.6 Å². The van der Waals surface area contributed by atoms with Gasteiger partial charge in [0.1, 0.15) is 0 Å². The zero-order chi connectivity index (χ0) is 15.9. The Hall–Kier alpha value is -2.22. The van der Waals surface area contributed by atoms with Gasteiger partial charge in [0, 0.05) is 37.4 Å². The number of amides is 1. The molecule has 1 saturated heterocycles. The van der Waals surface area contributed by atoms with E-state index in [1.165, 1.54) is 19.3 Å². The quantitative estimate of drug-likeness (QED) is 0.690. The minimum absolute atomic E-state index is 0.188. The molecule has 0 aromatic carbocycles. The van der Waals surface area contributed by atoms with Gasteiger partial charge in [-0.1, -0.05) is 11.6 Å². The number of aromatic amines is 1. The first-order valence-electron chi connectivity index (χ1n) is 8.20. The number of rotatable bonds is 7. The highest BCUT2D eigenvalue weighted by Gasteiger charge is 2.14. The van der Waals surface area contributed by atoms with Crippen LogP contribution in [-0.4, -0.2) is 50.0 Å². The Morgan fingerprint density at radius 2 is 2.39 bits per heavy atom. The van der Waals surface area contributed by atoms with Gasteiger partial charge in [0.05, 0.1) is 12.5 Å². The molecule has 124 valence electrons. The lowest BCUT2D eigenvalue weighted by Gasteiger charge is -2.23. The monoisotopic (exact) mass is 317 g/mol. The highest BCUT2D eigenvalue weighted by atomic mass is 16.2. The smallest absolute Gasteiger partial charge is 0.273 e. The minimum atomic E-state index is -0.188. The van der Waals surface area contributed by atoms with E-state index in [1.54, 1.807) is 23.4 Å². The SMILES string of the molecule is O=C(NCCc1cnc[nH]1)c1cn(CC[C@H]2CCCCN2)nn1. The largest absolute Gasteiger partial charge is 0.350 e. The number of carbonyl (C=O) groups excluding carboxylic acids is 1. The van der Waals surface area contributed by atoms with Crippen molar-refractivity contribution in [2.75, 3.05) is 13.1 Å². The number of nitrogens with one attached hydrogen (secondary N) is 3. The Balaban J connectivity index is 1.41. The first-order valence-corrected chi connectivity index (χ1v) is 8.20. The molecule has 1 atom stereocenters. The first kappa shape index (κ1) is 15.7. The lowest BCUT2D eigenvalue weighted by Crippen LogP contribution is -2.34. The van der Waals surface area contributed by atoms with Gasteiger partial charge in [-0.3, -0.25) is 9.48 Å². The van der Waals surface area contributed by atoms with E-state index in [9.17, 15) is 4.79 Å². The van der Waals surface area contributed by atoms with Gasteiger partial charge in [-0.25, -0.2) is 4.98 Å². The fourth-order valence-corrected chi connectivity index (χ4v) is 2.79. The van der Waals surface area contributed by atoms with Crippen LogP contribution in [0.25, 0.3) is 0 Å². The Morgan fingerprint density at radius 1 is 1.43 bits per heavy atom. The molecular formula is C15H23N7O. The van der Waals surface area contributed by atoms with Crippen molar-refractivity contribution in [1.29, 1.82) is 0 Å². The number of hydrogen-bond acceptors (Lipinski definition) is 5. The van der Waals surface area contributed by atoms with E-state index in [4.69, 9.17) is 0 Å². The van der Waals surface area contributed by atoms with Crippen molar-refractivity contribution in [3.63, 3.8) is 0 Å². The summed E-state index contributed by atoms with van der Waals surface area (Å²) >= 11 is 0. The third kappa shape index (κ3) is 4.62. The minimum Gasteiger partial charge on any atom is -0.350 e. The van der Waals surface area contributed by atoms with E-state index in [2.05, 4.69) is 30.9 Å². The molecule has 23 heavy (non-hydrogen) atoms. The van der Waals surface area contributed by atoms with Crippen LogP contribution >= 0.6 is 0 Å². The molecule has 1 fully saturated rings. The van der Waals surface area contributed by atoms with Gasteiger partial charge in [0.2, 0.25) is 0 Å². The van der Waals surface area contributed by atoms with E-state index < -0.39 is 0 Å². The van der Waals surface area contributed by atoms with Gasteiger partial charge < -0.3 is 15.6 Å². The number of hydrogen-bond donors (Lipinski definition) is 3. The van der Waals surface area contributed by atoms with Crippen LogP contribution in [0.5, 0.6) is 0 Å². The van der Waals surface area contributed by atoms with Crippen LogP contribution in [0.4, 0.5) is 0 Å². The standard InChI is InChI=1S/C15H23N7O/c23-15(18-7-4-13-9-16-11-19-13)14-10-22(21-20-14)8-5-12-3-1-2-6-17-12/h9-12,17H,1-8H2,(H,16,19)(H,18,23)/t12-/m1/s1. The molecule has 2 aromatic heterocycles. The molecule has 3 N–H and O–H groups in total. The molecule has 1 amide bonds. The summed E-state index contributed by atoms with van der Waals surface area (Å²) in [4.78, 5) is 19.0. The third-order valence-electron chi connectivity index (χ3n) is 4.13. The molecule has 3 heterocycles. The van der Waals surface area contributed by atoms with Gasteiger partial charge in [-0.15, -0.1) is 5.10 Å². The van der Waals surface area contributed by atoms with Crippen molar-refractivity contribution < 1.29 is 4.79 Å². The van der Waals surface area contributed by atoms with Crippen LogP contribution in [0, 0.1) is 0 Å². The van der Waals surface area contributed by atoms with Gasteiger partial charge in [-0.2, -0.15) is 0 Å². The van der Waals surface area contributed by atoms with Crippen molar-refractivity contribution in [2.24, 2.45) is 0 Å². The summed E-state index contributed by atoms with van der Waals surface area (Å²) in [5.74, 6) is -0.188. The summed E-state index contributed by atoms with van der Waals surface area (Å²) in [6.45, 7) is 2.43. The third-order valence-corrected chi connectivity index (χ3v) is 4.13. The summed E-state index contributed by atoms with van der Waals surface area (Å²) in [5.41, 5.74) is 1.36. The molecule has 0 radical (unpaired) electrons. The molecule has 0 bridgehead atoms. The summed E-state index contributed by atoms with van der Waals surface area (Å²) in [7, 11) is 0. The maximum atomic E-state index is 12.0. The average molecular weight is 317 g/mol. The second-order valence-corrected chi connectivity index (χ2v) is 5.89. The van der Waals surface area contributed by atoms with Crippen LogP contribution in [0.1, 0.15) is 41.9 Å². The Kier molecular flexibility index (Phi) is 5.36. The van der Waals surface area contributed by atoms with Gasteiger partial charge in [-0.05, 0) is 25.8 Å². The fourth-order valence-electron chi connectivity index (χ4n) is 2.79. The molecule has 0 spiro atoms. The van der Waals surface area contributed by atoms with Gasteiger partial charge >= 0.3 is 0 Å². The van der Waals surface area contributed by atoms with E-state index in [0.29, 0.717) is 24.7 Å². The van der Waals surface area contributed by atoms with Crippen molar-refractivity contribution in [3.8, 4) is 0 Å². The zero-order valence-corrected chi connectivity index (χ0v) is 13.2. The van der Waals surface area contributed by atoms with E-state index >= 15 is 0 Å².